The Hall–Kier alpha value is -2.12. The second-order valence-corrected chi connectivity index (χ2v) is 8.78. The molecule has 0 spiro atoms. The third-order valence-corrected chi connectivity index (χ3v) is 5.78. The first-order chi connectivity index (χ1) is 13.3. The number of carbonyl (C=O) groups excluding carboxylic acids is 1. The monoisotopic (exact) mass is 458 g/mol. The summed E-state index contributed by atoms with van der Waals surface area (Å²) in [5, 5.41) is 12.3. The number of rotatable bonds is 6. The summed E-state index contributed by atoms with van der Waals surface area (Å²) in [7, 11) is 0. The fourth-order valence-corrected chi connectivity index (χ4v) is 4.07. The Morgan fingerprint density at radius 1 is 1.11 bits per heavy atom. The van der Waals surface area contributed by atoms with Gasteiger partial charge in [-0.25, -0.2) is 0 Å². The van der Waals surface area contributed by atoms with Gasteiger partial charge in [0.25, 0.3) is 0 Å². The van der Waals surface area contributed by atoms with E-state index >= 15 is 0 Å². The zero-order valence-corrected chi connectivity index (χ0v) is 18.8. The van der Waals surface area contributed by atoms with Crippen molar-refractivity contribution < 1.29 is 4.79 Å². The smallest absolute Gasteiger partial charge is 0.234 e. The van der Waals surface area contributed by atoms with Crippen LogP contribution in [0, 0.1) is 13.8 Å². The molecule has 3 rings (SSSR count). The van der Waals surface area contributed by atoms with Crippen molar-refractivity contribution in [3.05, 3.63) is 63.9 Å². The summed E-state index contributed by atoms with van der Waals surface area (Å²) in [4.78, 5) is 12.4. The van der Waals surface area contributed by atoms with Crippen molar-refractivity contribution in [2.24, 2.45) is 0 Å². The molecule has 1 amide bonds. The van der Waals surface area contributed by atoms with Crippen LogP contribution in [0.4, 0.5) is 5.69 Å². The number of hydrogen-bond donors (Lipinski definition) is 1. The van der Waals surface area contributed by atoms with Gasteiger partial charge >= 0.3 is 0 Å². The fraction of sp³-hybridized carbons (Fsp3) is 0.286. The molecule has 0 bridgehead atoms. The van der Waals surface area contributed by atoms with E-state index in [9.17, 15) is 4.79 Å². The van der Waals surface area contributed by atoms with E-state index in [-0.39, 0.29) is 17.6 Å². The Labute approximate surface area is 178 Å². The van der Waals surface area contributed by atoms with Crippen LogP contribution in [-0.2, 0) is 4.79 Å². The molecule has 0 saturated carbocycles. The van der Waals surface area contributed by atoms with Crippen LogP contribution in [0.5, 0.6) is 0 Å². The van der Waals surface area contributed by atoms with E-state index in [2.05, 4.69) is 76.5 Å². The van der Waals surface area contributed by atoms with E-state index in [4.69, 9.17) is 0 Å². The van der Waals surface area contributed by atoms with Gasteiger partial charge in [0.05, 0.1) is 11.4 Å². The molecule has 0 aliphatic rings. The van der Waals surface area contributed by atoms with E-state index < -0.39 is 0 Å². The van der Waals surface area contributed by atoms with Gasteiger partial charge in [0, 0.05) is 16.1 Å². The molecule has 0 aliphatic heterocycles. The Balaban J connectivity index is 1.77. The first-order valence-corrected chi connectivity index (χ1v) is 10.8. The molecule has 0 atom stereocenters. The van der Waals surface area contributed by atoms with Crippen LogP contribution in [-0.4, -0.2) is 26.4 Å². The fourth-order valence-electron chi connectivity index (χ4n) is 2.72. The Morgan fingerprint density at radius 3 is 2.43 bits per heavy atom. The topological polar surface area (TPSA) is 59.8 Å². The van der Waals surface area contributed by atoms with Gasteiger partial charge < -0.3 is 5.32 Å². The summed E-state index contributed by atoms with van der Waals surface area (Å²) in [5.41, 5.74) is 4.09. The molecule has 0 aliphatic carbocycles. The van der Waals surface area contributed by atoms with Crippen LogP contribution in [0.2, 0.25) is 0 Å². The molecular weight excluding hydrogens is 436 g/mol. The van der Waals surface area contributed by atoms with E-state index in [1.165, 1.54) is 17.3 Å². The number of hydrogen-bond acceptors (Lipinski definition) is 4. The lowest BCUT2D eigenvalue weighted by atomic mass is 10.2. The highest BCUT2D eigenvalue weighted by Gasteiger charge is 2.18. The van der Waals surface area contributed by atoms with Gasteiger partial charge in [0.2, 0.25) is 5.91 Å². The van der Waals surface area contributed by atoms with Crippen molar-refractivity contribution in [1.29, 1.82) is 0 Å². The number of anilines is 1. The molecule has 0 fully saturated rings. The van der Waals surface area contributed by atoms with Crippen LogP contribution in [0.25, 0.3) is 5.69 Å². The van der Waals surface area contributed by atoms with Gasteiger partial charge in [-0.2, -0.15) is 0 Å². The number of nitrogens with zero attached hydrogens (tertiary/aromatic N) is 3. The zero-order valence-electron chi connectivity index (χ0n) is 16.4. The van der Waals surface area contributed by atoms with E-state index in [1.807, 2.05) is 29.7 Å². The molecule has 3 aromatic rings. The lowest BCUT2D eigenvalue weighted by Crippen LogP contribution is -2.15. The first-order valence-electron chi connectivity index (χ1n) is 9.06. The Bertz CT molecular complexity index is 983. The van der Waals surface area contributed by atoms with Gasteiger partial charge in [-0.15, -0.1) is 10.2 Å². The highest BCUT2D eigenvalue weighted by molar-refractivity contribution is 9.10. The van der Waals surface area contributed by atoms with Gasteiger partial charge in [0.1, 0.15) is 5.82 Å². The van der Waals surface area contributed by atoms with Gasteiger partial charge in [-0.1, -0.05) is 49.4 Å². The van der Waals surface area contributed by atoms with Crippen LogP contribution >= 0.6 is 27.7 Å². The number of carbonyl (C=O) groups is 1. The molecule has 146 valence electrons. The third-order valence-electron chi connectivity index (χ3n) is 4.20. The van der Waals surface area contributed by atoms with Crippen molar-refractivity contribution in [3.8, 4) is 5.69 Å². The molecule has 1 aromatic heterocycles. The largest absolute Gasteiger partial charge is 0.324 e. The number of amides is 1. The first kappa shape index (κ1) is 20.6. The van der Waals surface area contributed by atoms with Crippen molar-refractivity contribution in [2.45, 2.75) is 38.8 Å². The molecule has 7 heteroatoms. The normalized spacial score (nSPS) is 11.1. The maximum atomic E-state index is 12.4. The lowest BCUT2D eigenvalue weighted by molar-refractivity contribution is -0.113. The van der Waals surface area contributed by atoms with Crippen LogP contribution in [0.3, 0.4) is 0 Å². The molecule has 2 aromatic carbocycles. The van der Waals surface area contributed by atoms with Gasteiger partial charge in [-0.05, 0) is 59.6 Å². The van der Waals surface area contributed by atoms with Crippen LogP contribution < -0.4 is 5.32 Å². The van der Waals surface area contributed by atoms with E-state index in [1.54, 1.807) is 0 Å². The number of thioether (sulfide) groups is 1. The Kier molecular flexibility index (Phi) is 6.57. The number of nitrogens with one attached hydrogen (secondary N) is 1. The maximum absolute atomic E-state index is 12.4. The number of benzene rings is 2. The quantitative estimate of drug-likeness (QED) is 0.495. The van der Waals surface area contributed by atoms with Gasteiger partial charge in [-0.3, -0.25) is 9.36 Å². The Morgan fingerprint density at radius 2 is 1.79 bits per heavy atom. The molecule has 0 radical (unpaired) electrons. The predicted octanol–water partition coefficient (Wildman–Crippen LogP) is 5.50. The van der Waals surface area contributed by atoms with E-state index in [0.717, 1.165) is 27.2 Å². The van der Waals surface area contributed by atoms with Crippen LogP contribution in [0.1, 0.15) is 36.7 Å². The average molecular weight is 459 g/mol. The van der Waals surface area contributed by atoms with E-state index in [0.29, 0.717) is 5.16 Å². The minimum absolute atomic E-state index is 0.0842. The zero-order chi connectivity index (χ0) is 20.3. The third kappa shape index (κ3) is 4.83. The maximum Gasteiger partial charge on any atom is 0.234 e. The lowest BCUT2D eigenvalue weighted by Gasteiger charge is -2.12. The summed E-state index contributed by atoms with van der Waals surface area (Å²) in [6, 6.07) is 14.1. The summed E-state index contributed by atoms with van der Waals surface area (Å²) in [6.07, 6.45) is 0. The number of aromatic nitrogens is 3. The minimum Gasteiger partial charge on any atom is -0.324 e. The van der Waals surface area contributed by atoms with Gasteiger partial charge in [0.15, 0.2) is 5.16 Å². The minimum atomic E-state index is -0.0842. The molecular formula is C21H23BrN4OS. The summed E-state index contributed by atoms with van der Waals surface area (Å²) >= 11 is 4.87. The van der Waals surface area contributed by atoms with Crippen molar-refractivity contribution in [2.75, 3.05) is 11.1 Å². The summed E-state index contributed by atoms with van der Waals surface area (Å²) in [5.74, 6) is 1.27. The van der Waals surface area contributed by atoms with Crippen molar-refractivity contribution in [1.82, 2.24) is 14.8 Å². The highest BCUT2D eigenvalue weighted by atomic mass is 79.9. The molecule has 1 N–H and O–H groups in total. The molecule has 0 saturated heterocycles. The molecule has 28 heavy (non-hydrogen) atoms. The molecule has 5 nitrogen and oxygen atoms in total. The number of aryl methyl sites for hydroxylation is 2. The molecule has 1 heterocycles. The highest BCUT2D eigenvalue weighted by Crippen LogP contribution is 2.27. The predicted molar refractivity (Wildman–Crippen MR) is 118 cm³/mol. The summed E-state index contributed by atoms with van der Waals surface area (Å²) in [6.45, 7) is 8.24. The number of halogens is 1. The average Bonchev–Trinajstić information content (AvgIpc) is 3.07. The van der Waals surface area contributed by atoms with Crippen LogP contribution in [0.15, 0.2) is 52.1 Å². The second-order valence-electron chi connectivity index (χ2n) is 6.99. The SMILES string of the molecule is Cc1ccc(-n2c(SCC(=O)Nc3ccc(C)cc3Br)nnc2C(C)C)cc1. The standard InChI is InChI=1S/C21H23BrN4OS/c1-13(2)20-24-25-21(26(20)16-8-5-14(3)6-9-16)28-12-19(27)23-18-10-7-15(4)11-17(18)22/h5-11,13H,12H2,1-4H3,(H,23,27). The van der Waals surface area contributed by atoms with Crippen molar-refractivity contribution >= 4 is 39.3 Å². The molecule has 0 unspecified atom stereocenters. The second kappa shape index (κ2) is 8.92. The van der Waals surface area contributed by atoms with Crippen molar-refractivity contribution in [3.63, 3.8) is 0 Å². The summed E-state index contributed by atoms with van der Waals surface area (Å²) < 4.78 is 2.90.